The second-order valence-electron chi connectivity index (χ2n) is 5.19. The fourth-order valence-electron chi connectivity index (χ4n) is 3.11. The topological polar surface area (TPSA) is 20.2 Å². The molecule has 0 amide bonds. The van der Waals surface area contributed by atoms with E-state index in [1.807, 2.05) is 18.2 Å². The van der Waals surface area contributed by atoms with E-state index in [1.54, 1.807) is 6.07 Å². The molecule has 1 heteroatoms. The highest BCUT2D eigenvalue weighted by Crippen LogP contribution is 2.44. The summed E-state index contributed by atoms with van der Waals surface area (Å²) in [6, 6.07) is 22.4. The molecule has 1 nitrogen and oxygen atoms in total. The maximum atomic E-state index is 10.1. The van der Waals surface area contributed by atoms with Crippen LogP contribution in [0.2, 0.25) is 0 Å². The van der Waals surface area contributed by atoms with Crippen LogP contribution in [-0.2, 0) is 6.42 Å². The van der Waals surface area contributed by atoms with Crippen LogP contribution in [-0.4, -0.2) is 5.11 Å². The van der Waals surface area contributed by atoms with Gasteiger partial charge in [-0.25, -0.2) is 0 Å². The zero-order valence-electron chi connectivity index (χ0n) is 11.0. The lowest BCUT2D eigenvalue weighted by Crippen LogP contribution is -1.86. The molecule has 3 aromatic carbocycles. The van der Waals surface area contributed by atoms with Gasteiger partial charge in [0.05, 0.1) is 0 Å². The average Bonchev–Trinajstić information content (AvgIpc) is 2.86. The molecule has 4 rings (SSSR count). The molecular weight excluding hydrogens is 244 g/mol. The van der Waals surface area contributed by atoms with E-state index in [9.17, 15) is 5.11 Å². The maximum absolute atomic E-state index is 10.1. The molecule has 1 N–H and O–H groups in total. The smallest absolute Gasteiger partial charge is 0.123 e. The Kier molecular flexibility index (Phi) is 2.40. The molecule has 0 fully saturated rings. The lowest BCUT2D eigenvalue weighted by Gasteiger charge is -2.11. The van der Waals surface area contributed by atoms with Crippen molar-refractivity contribution in [2.24, 2.45) is 0 Å². The van der Waals surface area contributed by atoms with E-state index in [4.69, 9.17) is 0 Å². The zero-order valence-corrected chi connectivity index (χ0v) is 11.0. The van der Waals surface area contributed by atoms with Crippen molar-refractivity contribution in [1.82, 2.24) is 0 Å². The van der Waals surface area contributed by atoms with Crippen LogP contribution < -0.4 is 0 Å². The summed E-state index contributed by atoms with van der Waals surface area (Å²) >= 11 is 0. The van der Waals surface area contributed by atoms with Gasteiger partial charge in [0.25, 0.3) is 0 Å². The summed E-state index contributed by atoms with van der Waals surface area (Å²) in [4.78, 5) is 0. The number of fused-ring (bicyclic) bond motifs is 3. The summed E-state index contributed by atoms with van der Waals surface area (Å²) in [5, 5.41) is 10.1. The maximum Gasteiger partial charge on any atom is 0.123 e. The predicted molar refractivity (Wildman–Crippen MR) is 81.8 cm³/mol. The molecule has 0 radical (unpaired) electrons. The highest BCUT2D eigenvalue weighted by Gasteiger charge is 2.22. The second kappa shape index (κ2) is 4.24. The van der Waals surface area contributed by atoms with Gasteiger partial charge in [0.1, 0.15) is 5.75 Å². The van der Waals surface area contributed by atoms with Gasteiger partial charge in [-0.05, 0) is 40.3 Å². The third kappa shape index (κ3) is 1.56. The van der Waals surface area contributed by atoms with Crippen LogP contribution in [0.4, 0.5) is 0 Å². The van der Waals surface area contributed by atoms with Gasteiger partial charge >= 0.3 is 0 Å². The Labute approximate surface area is 118 Å². The molecule has 1 aliphatic rings. The number of benzene rings is 3. The Morgan fingerprint density at radius 1 is 0.600 bits per heavy atom. The van der Waals surface area contributed by atoms with Crippen LogP contribution in [0.25, 0.3) is 22.3 Å². The van der Waals surface area contributed by atoms with Crippen LogP contribution in [0.15, 0.2) is 66.7 Å². The average molecular weight is 258 g/mol. The van der Waals surface area contributed by atoms with Crippen molar-refractivity contribution in [3.63, 3.8) is 0 Å². The molecule has 20 heavy (non-hydrogen) atoms. The van der Waals surface area contributed by atoms with Gasteiger partial charge < -0.3 is 5.11 Å². The minimum atomic E-state index is 0.338. The van der Waals surface area contributed by atoms with Crippen LogP contribution in [0.1, 0.15) is 11.1 Å². The van der Waals surface area contributed by atoms with Crippen molar-refractivity contribution < 1.29 is 5.11 Å². The number of hydrogen-bond donors (Lipinski definition) is 1. The van der Waals surface area contributed by atoms with E-state index < -0.39 is 0 Å². The monoisotopic (exact) mass is 258 g/mol. The van der Waals surface area contributed by atoms with Gasteiger partial charge in [-0.1, -0.05) is 60.7 Å². The number of phenolic OH excluding ortho intramolecular Hbond substituents is 1. The van der Waals surface area contributed by atoms with Gasteiger partial charge in [0.15, 0.2) is 0 Å². The first-order chi connectivity index (χ1) is 9.84. The summed E-state index contributed by atoms with van der Waals surface area (Å²) in [5.74, 6) is 0.338. The predicted octanol–water partition coefficient (Wildman–Crippen LogP) is 4.63. The first-order valence-electron chi connectivity index (χ1n) is 6.83. The number of phenols is 1. The van der Waals surface area contributed by atoms with Crippen molar-refractivity contribution in [3.8, 4) is 28.0 Å². The van der Waals surface area contributed by atoms with Crippen LogP contribution in [0.3, 0.4) is 0 Å². The third-order valence-electron chi connectivity index (χ3n) is 4.01. The molecule has 0 bridgehead atoms. The van der Waals surface area contributed by atoms with Crippen molar-refractivity contribution in [2.45, 2.75) is 6.42 Å². The quantitative estimate of drug-likeness (QED) is 0.527. The van der Waals surface area contributed by atoms with Crippen molar-refractivity contribution in [3.05, 3.63) is 77.9 Å². The Hall–Kier alpha value is -2.54. The van der Waals surface area contributed by atoms with Crippen molar-refractivity contribution >= 4 is 0 Å². The molecule has 0 aliphatic heterocycles. The Morgan fingerprint density at radius 2 is 1.25 bits per heavy atom. The SMILES string of the molecule is Oc1ccccc1-c1cccc2c1-c1ccccc1C2. The summed E-state index contributed by atoms with van der Waals surface area (Å²) in [6.07, 6.45) is 0.979. The number of rotatable bonds is 1. The summed E-state index contributed by atoms with van der Waals surface area (Å²) in [5.41, 5.74) is 7.29. The molecule has 0 atom stereocenters. The summed E-state index contributed by atoms with van der Waals surface area (Å²) in [7, 11) is 0. The van der Waals surface area contributed by atoms with Crippen LogP contribution >= 0.6 is 0 Å². The summed E-state index contributed by atoms with van der Waals surface area (Å²) < 4.78 is 0. The molecule has 0 spiro atoms. The normalized spacial score (nSPS) is 12.0. The minimum Gasteiger partial charge on any atom is -0.507 e. The Balaban J connectivity index is 2.03. The highest BCUT2D eigenvalue weighted by atomic mass is 16.3. The fourth-order valence-corrected chi connectivity index (χ4v) is 3.11. The molecule has 0 aromatic heterocycles. The second-order valence-corrected chi connectivity index (χ2v) is 5.19. The lowest BCUT2D eigenvalue weighted by atomic mass is 9.94. The van der Waals surface area contributed by atoms with Gasteiger partial charge in [-0.2, -0.15) is 0 Å². The number of para-hydroxylation sites is 1. The van der Waals surface area contributed by atoms with Gasteiger partial charge in [0, 0.05) is 5.56 Å². The first-order valence-corrected chi connectivity index (χ1v) is 6.83. The molecule has 1 aliphatic carbocycles. The van der Waals surface area contributed by atoms with Gasteiger partial charge in [0.2, 0.25) is 0 Å². The van der Waals surface area contributed by atoms with Gasteiger partial charge in [-0.15, -0.1) is 0 Å². The van der Waals surface area contributed by atoms with E-state index in [-0.39, 0.29) is 0 Å². The van der Waals surface area contributed by atoms with Crippen LogP contribution in [0, 0.1) is 0 Å². The molecule has 96 valence electrons. The van der Waals surface area contributed by atoms with E-state index >= 15 is 0 Å². The molecule has 0 heterocycles. The minimum absolute atomic E-state index is 0.338. The van der Waals surface area contributed by atoms with E-state index in [1.165, 1.54) is 22.3 Å². The molecule has 3 aromatic rings. The number of hydrogen-bond acceptors (Lipinski definition) is 1. The van der Waals surface area contributed by atoms with Crippen molar-refractivity contribution in [2.75, 3.05) is 0 Å². The molecule has 0 saturated carbocycles. The number of aromatic hydroxyl groups is 1. The third-order valence-corrected chi connectivity index (χ3v) is 4.01. The Bertz CT molecular complexity index is 802. The Morgan fingerprint density at radius 3 is 2.10 bits per heavy atom. The van der Waals surface area contributed by atoms with E-state index in [2.05, 4.69) is 42.5 Å². The molecule has 0 saturated heterocycles. The standard InChI is InChI=1S/C19H14O/c20-18-11-4-3-9-16(18)17-10-5-7-14-12-13-6-1-2-8-15(13)19(14)17/h1-11,20H,12H2. The van der Waals surface area contributed by atoms with Gasteiger partial charge in [-0.3, -0.25) is 0 Å². The largest absolute Gasteiger partial charge is 0.507 e. The lowest BCUT2D eigenvalue weighted by molar-refractivity contribution is 0.477. The molecular formula is C19H14O. The first kappa shape index (κ1) is 11.3. The van der Waals surface area contributed by atoms with E-state index in [0.717, 1.165) is 17.5 Å². The van der Waals surface area contributed by atoms with E-state index in [0.29, 0.717) is 5.75 Å². The fraction of sp³-hybridized carbons (Fsp3) is 0.0526. The molecule has 0 unspecified atom stereocenters. The zero-order chi connectivity index (χ0) is 13.5. The summed E-state index contributed by atoms with van der Waals surface area (Å²) in [6.45, 7) is 0. The van der Waals surface area contributed by atoms with Crippen LogP contribution in [0.5, 0.6) is 5.75 Å². The van der Waals surface area contributed by atoms with Crippen molar-refractivity contribution in [1.29, 1.82) is 0 Å². The highest BCUT2D eigenvalue weighted by molar-refractivity contribution is 5.91.